The van der Waals surface area contributed by atoms with E-state index in [1.165, 1.54) is 19.5 Å². The van der Waals surface area contributed by atoms with Crippen LogP contribution in [0.25, 0.3) is 22.6 Å². The zero-order chi connectivity index (χ0) is 29.8. The lowest BCUT2D eigenvalue weighted by Gasteiger charge is -2.35. The summed E-state index contributed by atoms with van der Waals surface area (Å²) >= 11 is 6.22. The highest BCUT2D eigenvalue weighted by molar-refractivity contribution is 6.32. The molecular formula is C28H28ClN11O3. The van der Waals surface area contributed by atoms with Crippen molar-refractivity contribution in [2.24, 2.45) is 5.92 Å². The molecule has 1 amide bonds. The molecule has 4 aromatic rings. The quantitative estimate of drug-likeness (QED) is 0.276. The Balaban J connectivity index is 1.15. The van der Waals surface area contributed by atoms with Gasteiger partial charge in [-0.25, -0.2) is 29.7 Å². The van der Waals surface area contributed by atoms with Crippen LogP contribution in [0.5, 0.6) is 6.01 Å². The summed E-state index contributed by atoms with van der Waals surface area (Å²) < 4.78 is 10.7. The standard InChI is InChI=1S/C28H28ClN11O3/c1-42-27-34-10-18(11-35-27)22-13-32-23(14-31-22)40(28(41)43-15-16-2-3-16)20-6-4-19(5-7-20)37-26-33-9-17(8-30)24(38-26)25-21(29)12-36-39-25/h9-14,16,19-20H,2-7,15H2,1H3,(H,36,39)(H,33,37,38). The third kappa shape index (κ3) is 6.46. The molecule has 2 aliphatic rings. The third-order valence-corrected chi connectivity index (χ3v) is 7.75. The van der Waals surface area contributed by atoms with E-state index in [4.69, 9.17) is 21.1 Å². The summed E-state index contributed by atoms with van der Waals surface area (Å²) in [5.41, 5.74) is 2.37. The average Bonchev–Trinajstić information content (AvgIpc) is 3.79. The maximum absolute atomic E-state index is 13.3. The van der Waals surface area contributed by atoms with Crippen molar-refractivity contribution >= 4 is 29.5 Å². The molecule has 0 spiro atoms. The van der Waals surface area contributed by atoms with Crippen LogP contribution in [0.15, 0.2) is 37.2 Å². The number of nitriles is 1. The van der Waals surface area contributed by atoms with Gasteiger partial charge in [0.25, 0.3) is 0 Å². The highest BCUT2D eigenvalue weighted by Gasteiger charge is 2.34. The number of nitrogens with zero attached hydrogens (tertiary/aromatic N) is 9. The Morgan fingerprint density at radius 3 is 2.47 bits per heavy atom. The monoisotopic (exact) mass is 601 g/mol. The lowest BCUT2D eigenvalue weighted by molar-refractivity contribution is 0.143. The maximum Gasteiger partial charge on any atom is 0.415 e. The Labute approximate surface area is 251 Å². The minimum atomic E-state index is -0.422. The molecule has 43 heavy (non-hydrogen) atoms. The summed E-state index contributed by atoms with van der Waals surface area (Å²) in [7, 11) is 1.50. The summed E-state index contributed by atoms with van der Waals surface area (Å²) in [6.07, 6.45) is 13.9. The Bertz CT molecular complexity index is 1610. The van der Waals surface area contributed by atoms with E-state index in [0.29, 0.717) is 64.8 Å². The SMILES string of the molecule is COc1ncc(-c2cnc(N(C(=O)OCC3CC3)C3CCC(Nc4ncc(C#N)c(-c5[nH]ncc5Cl)n4)CC3)cn2)cn1. The molecule has 15 heteroatoms. The molecule has 220 valence electrons. The lowest BCUT2D eigenvalue weighted by Crippen LogP contribution is -2.45. The largest absolute Gasteiger partial charge is 0.467 e. The molecule has 2 fully saturated rings. The first-order chi connectivity index (χ1) is 21.0. The van der Waals surface area contributed by atoms with Crippen molar-refractivity contribution in [1.29, 1.82) is 5.26 Å². The van der Waals surface area contributed by atoms with Crippen LogP contribution in [-0.2, 0) is 4.74 Å². The van der Waals surface area contributed by atoms with Crippen LogP contribution in [0.2, 0.25) is 5.02 Å². The van der Waals surface area contributed by atoms with Crippen molar-refractivity contribution in [3.05, 3.63) is 47.8 Å². The van der Waals surface area contributed by atoms with Gasteiger partial charge in [0, 0.05) is 30.0 Å². The lowest BCUT2D eigenvalue weighted by atomic mass is 9.90. The molecular weight excluding hydrogens is 574 g/mol. The van der Waals surface area contributed by atoms with Gasteiger partial charge >= 0.3 is 12.1 Å². The van der Waals surface area contributed by atoms with Crippen molar-refractivity contribution in [3.8, 4) is 34.7 Å². The molecule has 0 saturated heterocycles. The number of nitrogens with one attached hydrogen (secondary N) is 2. The normalized spacial score (nSPS) is 18.0. The Morgan fingerprint density at radius 1 is 1.05 bits per heavy atom. The van der Waals surface area contributed by atoms with Gasteiger partial charge in [0.05, 0.1) is 54.8 Å². The van der Waals surface area contributed by atoms with Gasteiger partial charge in [-0.15, -0.1) is 0 Å². The van der Waals surface area contributed by atoms with Crippen LogP contribution < -0.4 is 15.0 Å². The Morgan fingerprint density at radius 2 is 1.84 bits per heavy atom. The minimum Gasteiger partial charge on any atom is -0.467 e. The zero-order valence-corrected chi connectivity index (χ0v) is 24.0. The number of carbonyl (C=O) groups excluding carboxylic acids is 1. The number of hydrogen-bond donors (Lipinski definition) is 2. The highest BCUT2D eigenvalue weighted by Crippen LogP contribution is 2.32. The van der Waals surface area contributed by atoms with Crippen molar-refractivity contribution in [3.63, 3.8) is 0 Å². The van der Waals surface area contributed by atoms with Gasteiger partial charge < -0.3 is 14.8 Å². The van der Waals surface area contributed by atoms with Crippen LogP contribution in [-0.4, -0.2) is 72.0 Å². The van der Waals surface area contributed by atoms with Crippen LogP contribution in [0.4, 0.5) is 16.6 Å². The summed E-state index contributed by atoms with van der Waals surface area (Å²) in [4.78, 5) is 41.2. The number of anilines is 2. The number of amides is 1. The number of H-pyrrole nitrogens is 1. The van der Waals surface area contributed by atoms with Gasteiger partial charge in [0.15, 0.2) is 5.82 Å². The fourth-order valence-corrected chi connectivity index (χ4v) is 5.12. The first-order valence-electron chi connectivity index (χ1n) is 13.9. The summed E-state index contributed by atoms with van der Waals surface area (Å²) in [5, 5.41) is 20.0. The topological polar surface area (TPSA) is 181 Å². The van der Waals surface area contributed by atoms with Gasteiger partial charge in [0.2, 0.25) is 5.95 Å². The van der Waals surface area contributed by atoms with E-state index in [2.05, 4.69) is 51.5 Å². The number of halogens is 1. The number of carbonyl (C=O) groups is 1. The first-order valence-corrected chi connectivity index (χ1v) is 14.3. The van der Waals surface area contributed by atoms with Gasteiger partial charge in [-0.3, -0.25) is 15.0 Å². The zero-order valence-electron chi connectivity index (χ0n) is 23.3. The van der Waals surface area contributed by atoms with E-state index >= 15 is 0 Å². The molecule has 0 radical (unpaired) electrons. The molecule has 2 aliphatic carbocycles. The summed E-state index contributed by atoms with van der Waals surface area (Å²) in [6, 6.07) is 2.28. The van der Waals surface area contributed by atoms with Crippen molar-refractivity contribution in [2.45, 2.75) is 50.6 Å². The number of aromatic amines is 1. The molecule has 0 aliphatic heterocycles. The third-order valence-electron chi connectivity index (χ3n) is 7.46. The van der Waals surface area contributed by atoms with E-state index in [9.17, 15) is 10.1 Å². The number of rotatable bonds is 9. The number of hydrogen-bond acceptors (Lipinski definition) is 12. The molecule has 0 unspecified atom stereocenters. The van der Waals surface area contributed by atoms with E-state index in [1.54, 1.807) is 29.7 Å². The van der Waals surface area contributed by atoms with Gasteiger partial charge in [0.1, 0.15) is 17.5 Å². The van der Waals surface area contributed by atoms with E-state index in [-0.39, 0.29) is 23.7 Å². The van der Waals surface area contributed by atoms with Crippen LogP contribution in [0.1, 0.15) is 44.1 Å². The molecule has 4 aromatic heterocycles. The molecule has 0 aromatic carbocycles. The van der Waals surface area contributed by atoms with E-state index in [1.807, 2.05) is 0 Å². The van der Waals surface area contributed by atoms with Gasteiger partial charge in [-0.05, 0) is 44.4 Å². The van der Waals surface area contributed by atoms with Gasteiger partial charge in [-0.1, -0.05) is 11.6 Å². The number of aromatic nitrogens is 8. The molecule has 0 atom stereocenters. The summed E-state index contributed by atoms with van der Waals surface area (Å²) in [6.45, 7) is 0.402. The smallest absolute Gasteiger partial charge is 0.415 e. The molecule has 0 bridgehead atoms. The minimum absolute atomic E-state index is 0.0575. The Hall–Kier alpha value is -4.90. The molecule has 6 rings (SSSR count). The van der Waals surface area contributed by atoms with E-state index in [0.717, 1.165) is 25.7 Å². The van der Waals surface area contributed by atoms with Crippen LogP contribution in [0.3, 0.4) is 0 Å². The molecule has 14 nitrogen and oxygen atoms in total. The molecule has 2 N–H and O–H groups in total. The number of ether oxygens (including phenoxy) is 2. The second-order valence-electron chi connectivity index (χ2n) is 10.4. The first kappa shape index (κ1) is 28.2. The molecule has 4 heterocycles. The highest BCUT2D eigenvalue weighted by atomic mass is 35.5. The van der Waals surface area contributed by atoms with Crippen LogP contribution >= 0.6 is 11.6 Å². The van der Waals surface area contributed by atoms with Crippen molar-refractivity contribution < 1.29 is 14.3 Å². The second-order valence-corrected chi connectivity index (χ2v) is 10.8. The fourth-order valence-electron chi connectivity index (χ4n) is 4.94. The predicted molar refractivity (Wildman–Crippen MR) is 155 cm³/mol. The predicted octanol–water partition coefficient (Wildman–Crippen LogP) is 4.42. The van der Waals surface area contributed by atoms with Crippen LogP contribution in [0, 0.1) is 17.2 Å². The average molecular weight is 602 g/mol. The Kier molecular flexibility index (Phi) is 8.23. The fraction of sp³-hybridized carbons (Fsp3) is 0.393. The second kappa shape index (κ2) is 12.5. The number of methoxy groups -OCH3 is 1. The van der Waals surface area contributed by atoms with E-state index < -0.39 is 6.09 Å². The van der Waals surface area contributed by atoms with Gasteiger partial charge in [-0.2, -0.15) is 10.4 Å². The maximum atomic E-state index is 13.3. The summed E-state index contributed by atoms with van der Waals surface area (Å²) in [5.74, 6) is 1.24. The molecule has 2 saturated carbocycles. The van der Waals surface area contributed by atoms with Crippen molar-refractivity contribution in [2.75, 3.05) is 23.9 Å². The van der Waals surface area contributed by atoms with Crippen molar-refractivity contribution in [1.82, 2.24) is 40.1 Å².